The Kier molecular flexibility index (Phi) is 10.8. The van der Waals surface area contributed by atoms with Crippen LogP contribution in [-0.4, -0.2) is 57.0 Å². The van der Waals surface area contributed by atoms with Crippen LogP contribution in [0.5, 0.6) is 0 Å². The van der Waals surface area contributed by atoms with Gasteiger partial charge in [0.25, 0.3) is 0 Å². The quantitative estimate of drug-likeness (QED) is 0.196. The number of aryl methyl sites for hydroxylation is 1. The highest BCUT2D eigenvalue weighted by molar-refractivity contribution is 14.0. The number of benzene rings is 1. The number of hydrogen-bond donors (Lipinski definition) is 3. The van der Waals surface area contributed by atoms with Crippen molar-refractivity contribution in [2.45, 2.75) is 33.1 Å². The predicted octanol–water partition coefficient (Wildman–Crippen LogP) is 3.64. The van der Waals surface area contributed by atoms with Gasteiger partial charge < -0.3 is 25.1 Å². The van der Waals surface area contributed by atoms with Gasteiger partial charge in [-0.15, -0.1) is 24.0 Å². The summed E-state index contributed by atoms with van der Waals surface area (Å²) in [6.45, 7) is 10.0. The maximum absolute atomic E-state index is 5.75. The van der Waals surface area contributed by atoms with Gasteiger partial charge in [-0.25, -0.2) is 0 Å². The number of aliphatic imine (C=N–C) groups is 1. The molecular weight excluding hydrogens is 479 g/mol. The van der Waals surface area contributed by atoms with Gasteiger partial charge in [0.2, 0.25) is 0 Å². The molecule has 0 radical (unpaired) electrons. The van der Waals surface area contributed by atoms with E-state index in [0.717, 1.165) is 71.3 Å². The third-order valence-corrected chi connectivity index (χ3v) is 5.13. The number of nitrogens with one attached hydrogen (secondary N) is 3. The fourth-order valence-corrected chi connectivity index (χ4v) is 3.63. The molecule has 162 valence electrons. The number of rotatable bonds is 10. The van der Waals surface area contributed by atoms with Crippen LogP contribution in [0.25, 0.3) is 10.9 Å². The van der Waals surface area contributed by atoms with Crippen LogP contribution in [0, 0.1) is 12.8 Å². The average molecular weight is 514 g/mol. The second-order valence-electron chi connectivity index (χ2n) is 7.37. The Balaban J connectivity index is 0.00000300. The zero-order valence-corrected chi connectivity index (χ0v) is 20.0. The van der Waals surface area contributed by atoms with Gasteiger partial charge in [-0.3, -0.25) is 4.99 Å². The predicted molar refractivity (Wildman–Crippen MR) is 130 cm³/mol. The Labute approximate surface area is 191 Å². The first-order valence-electron chi connectivity index (χ1n) is 10.5. The Morgan fingerprint density at radius 3 is 2.97 bits per heavy atom. The molecule has 0 aliphatic carbocycles. The summed E-state index contributed by atoms with van der Waals surface area (Å²) in [6, 6.07) is 8.49. The largest absolute Gasteiger partial charge is 0.381 e. The fraction of sp³-hybridized carbons (Fsp3) is 0.591. The van der Waals surface area contributed by atoms with E-state index in [0.29, 0.717) is 5.92 Å². The normalized spacial score (nSPS) is 16.8. The van der Waals surface area contributed by atoms with E-state index in [1.807, 2.05) is 0 Å². The van der Waals surface area contributed by atoms with Gasteiger partial charge in [0.1, 0.15) is 0 Å². The van der Waals surface area contributed by atoms with Crippen LogP contribution in [0.3, 0.4) is 0 Å². The maximum atomic E-state index is 5.75. The van der Waals surface area contributed by atoms with Crippen molar-refractivity contribution in [2.75, 3.05) is 46.1 Å². The third-order valence-electron chi connectivity index (χ3n) is 5.13. The summed E-state index contributed by atoms with van der Waals surface area (Å²) in [6.07, 6.45) is 3.03. The summed E-state index contributed by atoms with van der Waals surface area (Å²) in [7, 11) is 0. The van der Waals surface area contributed by atoms with E-state index < -0.39 is 0 Å². The van der Waals surface area contributed by atoms with E-state index in [1.165, 1.54) is 22.2 Å². The zero-order valence-electron chi connectivity index (χ0n) is 17.6. The SMILES string of the molecule is CCNC(=NCCCOCC1CCOC1)NCCc1c(C)[nH]c2ccccc12.I. The number of ether oxygens (including phenoxy) is 2. The molecule has 3 N–H and O–H groups in total. The van der Waals surface area contributed by atoms with E-state index in [2.05, 4.69) is 58.7 Å². The van der Waals surface area contributed by atoms with Crippen molar-refractivity contribution in [1.29, 1.82) is 0 Å². The van der Waals surface area contributed by atoms with Crippen molar-refractivity contribution in [3.8, 4) is 0 Å². The first kappa shape index (κ1) is 24.0. The van der Waals surface area contributed by atoms with Crippen LogP contribution in [0.2, 0.25) is 0 Å². The standard InChI is InChI=1S/C22H34N4O2.HI/c1-3-23-22(24-11-6-13-27-15-18-10-14-28-16-18)25-12-9-19-17(2)26-21-8-5-4-7-20(19)21;/h4-5,7-8,18,26H,3,6,9-16H2,1-2H3,(H2,23,24,25);1H. The lowest BCUT2D eigenvalue weighted by molar-refractivity contribution is 0.0893. The van der Waals surface area contributed by atoms with E-state index >= 15 is 0 Å². The molecule has 1 aliphatic rings. The van der Waals surface area contributed by atoms with Crippen LogP contribution in [0.15, 0.2) is 29.3 Å². The van der Waals surface area contributed by atoms with Crippen LogP contribution < -0.4 is 10.6 Å². The summed E-state index contributed by atoms with van der Waals surface area (Å²) in [5.41, 5.74) is 3.83. The lowest BCUT2D eigenvalue weighted by atomic mass is 10.1. The maximum Gasteiger partial charge on any atom is 0.191 e. The molecule has 3 rings (SSSR count). The topological polar surface area (TPSA) is 70.7 Å². The first-order valence-corrected chi connectivity index (χ1v) is 10.5. The van der Waals surface area contributed by atoms with Crippen molar-refractivity contribution < 1.29 is 9.47 Å². The Morgan fingerprint density at radius 2 is 2.17 bits per heavy atom. The molecular formula is C22H35IN4O2. The number of nitrogens with zero attached hydrogens (tertiary/aromatic N) is 1. The second kappa shape index (κ2) is 13.1. The number of para-hydroxylation sites is 1. The number of guanidine groups is 1. The summed E-state index contributed by atoms with van der Waals surface area (Å²) in [5, 5.41) is 8.09. The minimum absolute atomic E-state index is 0. The lowest BCUT2D eigenvalue weighted by Gasteiger charge is -2.12. The van der Waals surface area contributed by atoms with Crippen LogP contribution in [-0.2, 0) is 15.9 Å². The molecule has 6 nitrogen and oxygen atoms in total. The minimum Gasteiger partial charge on any atom is -0.381 e. The van der Waals surface area contributed by atoms with Gasteiger partial charge >= 0.3 is 0 Å². The molecule has 0 bridgehead atoms. The van der Waals surface area contributed by atoms with E-state index in [4.69, 9.17) is 9.47 Å². The summed E-state index contributed by atoms with van der Waals surface area (Å²) in [5.74, 6) is 1.46. The number of halogens is 1. The van der Waals surface area contributed by atoms with E-state index in [9.17, 15) is 0 Å². The molecule has 1 unspecified atom stereocenters. The molecule has 1 aromatic carbocycles. The lowest BCUT2D eigenvalue weighted by Crippen LogP contribution is -2.38. The number of hydrogen-bond acceptors (Lipinski definition) is 3. The van der Waals surface area contributed by atoms with Crippen molar-refractivity contribution >= 4 is 40.8 Å². The highest BCUT2D eigenvalue weighted by Crippen LogP contribution is 2.21. The van der Waals surface area contributed by atoms with Gasteiger partial charge in [-0.05, 0) is 44.7 Å². The summed E-state index contributed by atoms with van der Waals surface area (Å²) >= 11 is 0. The minimum atomic E-state index is 0. The molecule has 0 amide bonds. The van der Waals surface area contributed by atoms with Crippen molar-refractivity contribution in [2.24, 2.45) is 10.9 Å². The monoisotopic (exact) mass is 514 g/mol. The van der Waals surface area contributed by atoms with Gasteiger partial charge in [-0.1, -0.05) is 18.2 Å². The highest BCUT2D eigenvalue weighted by Gasteiger charge is 2.15. The molecule has 2 aromatic rings. The summed E-state index contributed by atoms with van der Waals surface area (Å²) in [4.78, 5) is 8.14. The molecule has 0 saturated carbocycles. The molecule has 1 fully saturated rings. The Morgan fingerprint density at radius 1 is 1.31 bits per heavy atom. The van der Waals surface area contributed by atoms with Gasteiger partial charge in [-0.2, -0.15) is 0 Å². The zero-order chi connectivity index (χ0) is 19.6. The first-order chi connectivity index (χ1) is 13.8. The second-order valence-corrected chi connectivity index (χ2v) is 7.37. The van der Waals surface area contributed by atoms with Gasteiger partial charge in [0.05, 0.1) is 13.2 Å². The van der Waals surface area contributed by atoms with Gasteiger partial charge in [0.15, 0.2) is 5.96 Å². The molecule has 2 heterocycles. The van der Waals surface area contributed by atoms with Crippen molar-refractivity contribution in [3.05, 3.63) is 35.5 Å². The third kappa shape index (κ3) is 7.46. The van der Waals surface area contributed by atoms with Crippen LogP contribution >= 0.6 is 24.0 Å². The molecule has 7 heteroatoms. The smallest absolute Gasteiger partial charge is 0.191 e. The number of fused-ring (bicyclic) bond motifs is 1. The average Bonchev–Trinajstić information content (AvgIpc) is 3.32. The number of aromatic nitrogens is 1. The molecule has 1 atom stereocenters. The van der Waals surface area contributed by atoms with Crippen molar-refractivity contribution in [3.63, 3.8) is 0 Å². The van der Waals surface area contributed by atoms with Crippen LogP contribution in [0.4, 0.5) is 0 Å². The molecule has 0 spiro atoms. The Hall–Kier alpha value is -1.32. The number of H-pyrrole nitrogens is 1. The molecule has 1 aliphatic heterocycles. The fourth-order valence-electron chi connectivity index (χ4n) is 3.63. The van der Waals surface area contributed by atoms with E-state index in [-0.39, 0.29) is 24.0 Å². The van der Waals surface area contributed by atoms with Crippen LogP contribution in [0.1, 0.15) is 31.0 Å². The Bertz CT molecular complexity index is 756. The number of aromatic amines is 1. The van der Waals surface area contributed by atoms with Gasteiger partial charge in [0, 0.05) is 55.4 Å². The summed E-state index contributed by atoms with van der Waals surface area (Å²) < 4.78 is 11.1. The van der Waals surface area contributed by atoms with E-state index in [1.54, 1.807) is 0 Å². The molecule has 1 aromatic heterocycles. The molecule has 29 heavy (non-hydrogen) atoms. The molecule has 1 saturated heterocycles. The highest BCUT2D eigenvalue weighted by atomic mass is 127. The van der Waals surface area contributed by atoms with Crippen molar-refractivity contribution in [1.82, 2.24) is 15.6 Å².